The average molecular weight is 1150 g/mol. The first-order valence-corrected chi connectivity index (χ1v) is 29.4. The van der Waals surface area contributed by atoms with Gasteiger partial charge in [-0.25, -0.2) is 28.1 Å². The van der Waals surface area contributed by atoms with Crippen molar-refractivity contribution in [2.24, 2.45) is 10.8 Å². The zero-order chi connectivity index (χ0) is 55.3. The van der Waals surface area contributed by atoms with E-state index in [9.17, 15) is 52.2 Å². The summed E-state index contributed by atoms with van der Waals surface area (Å²) in [5.74, 6) is 2.67. The number of azide groups is 1. The summed E-state index contributed by atoms with van der Waals surface area (Å²) in [7, 11) is -14.3. The lowest BCUT2D eigenvalue weighted by molar-refractivity contribution is -0.121. The number of carbonyl (C=O) groups is 4. The highest BCUT2D eigenvalue weighted by Gasteiger charge is 2.45. The maximum atomic E-state index is 13.5. The number of nitrogens with one attached hydrogen (secondary N) is 2. The largest absolute Gasteiger partial charge is 0.490 e. The fourth-order valence-electron chi connectivity index (χ4n) is 6.80. The smallest absolute Gasteiger partial charge is 0.462 e. The number of phosphoric ester groups is 1. The second-order valence-electron chi connectivity index (χ2n) is 15.6. The zero-order valence-electron chi connectivity index (χ0n) is 40.2. The molecule has 2 heterocycles. The lowest BCUT2D eigenvalue weighted by Crippen LogP contribution is -2.34. The molecule has 0 aliphatic carbocycles. The first kappa shape index (κ1) is 62.6. The van der Waals surface area contributed by atoms with E-state index in [-0.39, 0.29) is 78.2 Å². The number of H-pyrrole nitrogens is 1. The first-order valence-electron chi connectivity index (χ1n) is 22.3. The van der Waals surface area contributed by atoms with Crippen LogP contribution in [0, 0.1) is 11.8 Å². The van der Waals surface area contributed by atoms with Crippen LogP contribution in [0.1, 0.15) is 105 Å². The molecule has 1 amide bonds. The molecule has 4 rings (SSSR count). The van der Waals surface area contributed by atoms with Crippen molar-refractivity contribution in [3.05, 3.63) is 113 Å². The topological polar surface area (TPSA) is 416 Å². The second kappa shape index (κ2) is 30.1. The number of aromatic amines is 1. The maximum Gasteiger partial charge on any atom is 0.490 e. The normalized spacial score (nSPS) is 17.7. The molecule has 8 N–H and O–H groups in total. The van der Waals surface area contributed by atoms with Crippen LogP contribution in [0.3, 0.4) is 0 Å². The van der Waals surface area contributed by atoms with Gasteiger partial charge in [-0.05, 0) is 54.8 Å². The molecular formula is C42H54N7O21P3S2. The average Bonchev–Trinajstić information content (AvgIpc) is 3.74. The van der Waals surface area contributed by atoms with Gasteiger partial charge in [-0.2, -0.15) is 8.62 Å². The van der Waals surface area contributed by atoms with Crippen molar-refractivity contribution in [2.75, 3.05) is 59.0 Å². The Hall–Kier alpha value is -4.98. The number of aromatic nitrogens is 2. The third-order valence-corrected chi connectivity index (χ3v) is 16.1. The van der Waals surface area contributed by atoms with Gasteiger partial charge in [0.25, 0.3) is 5.56 Å². The van der Waals surface area contributed by atoms with Gasteiger partial charge in [-0.3, -0.25) is 28.5 Å². The molecule has 0 spiro atoms. The van der Waals surface area contributed by atoms with Gasteiger partial charge in [0.1, 0.15) is 30.6 Å². The quantitative estimate of drug-likeness (QED) is 0.00555. The number of esters is 2. The molecule has 28 nitrogen and oxygen atoms in total. The van der Waals surface area contributed by atoms with E-state index < -0.39 is 90.1 Å². The van der Waals surface area contributed by atoms with Gasteiger partial charge in [-0.1, -0.05) is 75.8 Å². The molecule has 33 heteroatoms. The van der Waals surface area contributed by atoms with Crippen molar-refractivity contribution in [3.8, 4) is 11.8 Å². The number of Topliss-reactive ketones (excluding diaryl/α,β-unsaturated/α-hetero) is 1. The Morgan fingerprint density at radius 1 is 0.973 bits per heavy atom. The molecule has 1 fully saturated rings. The molecule has 1 saturated heterocycles. The minimum absolute atomic E-state index is 0.00495. The summed E-state index contributed by atoms with van der Waals surface area (Å²) in [5, 5.41) is 6.03. The molecule has 0 bridgehead atoms. The predicted octanol–water partition coefficient (Wildman–Crippen LogP) is 4.51. The van der Waals surface area contributed by atoms with E-state index in [4.69, 9.17) is 49.3 Å². The van der Waals surface area contributed by atoms with Gasteiger partial charge < -0.3 is 54.3 Å². The van der Waals surface area contributed by atoms with Gasteiger partial charge in [0.2, 0.25) is 5.91 Å². The summed E-state index contributed by atoms with van der Waals surface area (Å²) in [4.78, 5) is 120. The van der Waals surface area contributed by atoms with Crippen LogP contribution in [0.25, 0.3) is 10.4 Å². The number of nitrogens with two attached hydrogens (primary N) is 1. The number of ether oxygens (including phenoxy) is 5. The van der Waals surface area contributed by atoms with Crippen LogP contribution in [0.4, 0.5) is 0 Å². The summed E-state index contributed by atoms with van der Waals surface area (Å²) in [6.07, 6.45) is -1.46. The maximum absolute atomic E-state index is 13.5. The molecule has 0 saturated carbocycles. The number of hydrogen-bond acceptors (Lipinski definition) is 21. The van der Waals surface area contributed by atoms with Gasteiger partial charge in [-0.15, -0.1) is 0 Å². The Morgan fingerprint density at radius 2 is 1.71 bits per heavy atom. The lowest BCUT2D eigenvalue weighted by Gasteiger charge is -2.21. The van der Waals surface area contributed by atoms with Crippen LogP contribution in [-0.4, -0.2) is 124 Å². The molecule has 1 aliphatic rings. The molecule has 7 atom stereocenters. The summed E-state index contributed by atoms with van der Waals surface area (Å²) in [6.45, 7) is 2.97. The highest BCUT2D eigenvalue weighted by molar-refractivity contribution is 8.76. The van der Waals surface area contributed by atoms with Crippen LogP contribution in [-0.2, 0) is 55.3 Å². The monoisotopic (exact) mass is 1150 g/mol. The van der Waals surface area contributed by atoms with Crippen molar-refractivity contribution in [2.45, 2.75) is 69.3 Å². The van der Waals surface area contributed by atoms with Crippen molar-refractivity contribution < 1.29 is 89.3 Å². The number of hydrogen-bond donors (Lipinski definition) is 7. The molecule has 1 aromatic heterocycles. The number of benzene rings is 2. The third-order valence-electron chi connectivity index (χ3n) is 10.2. The van der Waals surface area contributed by atoms with Crippen molar-refractivity contribution in [1.29, 1.82) is 0 Å². The van der Waals surface area contributed by atoms with E-state index >= 15 is 0 Å². The zero-order valence-corrected chi connectivity index (χ0v) is 44.6. The second-order valence-corrected chi connectivity index (χ2v) is 22.9. The van der Waals surface area contributed by atoms with Gasteiger partial charge in [0.15, 0.2) is 5.78 Å². The number of nitrogens with zero attached hydrogens (tertiary/aromatic N) is 4. The summed E-state index contributed by atoms with van der Waals surface area (Å²) < 4.78 is 76.3. The van der Waals surface area contributed by atoms with Crippen molar-refractivity contribution in [1.82, 2.24) is 14.9 Å². The van der Waals surface area contributed by atoms with Crippen molar-refractivity contribution >= 4 is 68.7 Å². The van der Waals surface area contributed by atoms with Crippen LogP contribution in [0.2, 0.25) is 0 Å². The Balaban J connectivity index is 1.38. The highest BCUT2D eigenvalue weighted by Crippen LogP contribution is 2.66. The van der Waals surface area contributed by atoms with Crippen LogP contribution in [0.15, 0.2) is 63.4 Å². The fraction of sp³-hybridized carbons (Fsp3) is 0.476. The molecule has 5 unspecified atom stereocenters. The minimum atomic E-state index is -5.93. The van der Waals surface area contributed by atoms with Crippen LogP contribution in [0.5, 0.6) is 0 Å². The third kappa shape index (κ3) is 20.8. The van der Waals surface area contributed by atoms with Gasteiger partial charge in [0, 0.05) is 41.3 Å². The van der Waals surface area contributed by atoms with Crippen LogP contribution < -0.4 is 22.3 Å². The predicted molar refractivity (Wildman–Crippen MR) is 268 cm³/mol. The number of unbranched alkanes of at least 4 members (excludes halogenated alkanes) is 1. The first-order chi connectivity index (χ1) is 35.5. The Bertz CT molecular complexity index is 2890. The fourth-order valence-corrected chi connectivity index (χ4v) is 11.6. The Labute approximate surface area is 435 Å². The molecule has 2 aromatic carbocycles. The molecule has 75 heavy (non-hydrogen) atoms. The van der Waals surface area contributed by atoms with E-state index in [1.807, 2.05) is 13.2 Å². The lowest BCUT2D eigenvalue weighted by atomic mass is 10.00. The van der Waals surface area contributed by atoms with E-state index in [0.29, 0.717) is 31.6 Å². The number of phosphoric acid groups is 3. The Kier molecular flexibility index (Phi) is 25.1. The summed E-state index contributed by atoms with van der Waals surface area (Å²) in [6, 6.07) is 9.80. The minimum Gasteiger partial charge on any atom is -0.462 e. The van der Waals surface area contributed by atoms with Gasteiger partial charge >= 0.3 is 41.1 Å². The highest BCUT2D eigenvalue weighted by atomic mass is 33.1. The van der Waals surface area contributed by atoms with E-state index in [0.717, 1.165) is 10.8 Å². The number of rotatable bonds is 30. The molecular weight excluding hydrogens is 1100 g/mol. The number of amides is 1. The summed E-state index contributed by atoms with van der Waals surface area (Å²) in [5.41, 5.74) is 13.4. The summed E-state index contributed by atoms with van der Waals surface area (Å²) >= 11 is 0. The molecule has 1 aliphatic heterocycles. The SMILES string of the molecule is CSSC(C)c1ccc(C(=O)COCCOCCN)cc1C(=O)OCCCCC(=O)NCC#Cc1cn([C@H]2CC(OC(=O)c3ccccc3C(C)N=[N+]=[N-])[C@@H](COP(=O)(O)OP(=O)(O)OP(=O)(O)O)O2)c(=O)[nH]c1=O. The Morgan fingerprint density at radius 3 is 2.41 bits per heavy atom. The number of carbonyl (C=O) groups excluding carboxylic acids is 4. The van der Waals surface area contributed by atoms with Crippen LogP contribution >= 0.6 is 45.1 Å². The standard InChI is InChI=1S/C42H54N7O21P3S2/c1-26(47-48-44)30-10-4-5-11-32(30)41(54)68-35-22-38(67-36(35)25-66-72(59,60)70-73(61,62)69-71(56,57)58)49-23-29(39(52)46-42(49)55)9-8-16-45-37(51)12-6-7-17-65-40(53)33-21-28(13-14-31(33)27(2)75-74-3)34(50)24-64-20-19-63-18-15-43/h4-5,10-11,13-14,21,23,26-27,35-36,38H,6-7,12,15-20,22,24-25,43H2,1-3H3,(H,45,51)(H,59,60)(H,61,62)(H,46,52,55)(H2,56,57,58)/t26?,27?,35?,36-,38-/m1/s1. The molecule has 410 valence electrons. The van der Waals surface area contributed by atoms with E-state index in [1.54, 1.807) is 18.2 Å². The molecule has 0 radical (unpaired) electrons. The number of ketones is 1. The van der Waals surface area contributed by atoms with Gasteiger partial charge in [0.05, 0.1) is 56.7 Å². The van der Waals surface area contributed by atoms with Crippen molar-refractivity contribution in [3.63, 3.8) is 0 Å². The van der Waals surface area contributed by atoms with E-state index in [1.165, 1.54) is 52.8 Å². The van der Waals surface area contributed by atoms with E-state index in [2.05, 4.69) is 40.8 Å². The molecule has 3 aromatic rings.